The second-order valence-electron chi connectivity index (χ2n) is 7.08. The highest BCUT2D eigenvalue weighted by Gasteiger charge is 2.25. The zero-order chi connectivity index (χ0) is 18.8. The maximum Gasteiger partial charge on any atom is 0.254 e. The van der Waals surface area contributed by atoms with Crippen molar-refractivity contribution in [2.45, 2.75) is 19.8 Å². The number of amides is 2. The number of nitrogens with zero attached hydrogens (tertiary/aromatic N) is 4. The average Bonchev–Trinajstić information content (AvgIpc) is 2.73. The third-order valence-corrected chi connectivity index (χ3v) is 5.39. The smallest absolute Gasteiger partial charge is 0.254 e. The molecule has 6 heteroatoms. The van der Waals surface area contributed by atoms with Crippen molar-refractivity contribution in [3.05, 3.63) is 53.7 Å². The minimum atomic E-state index is 0.00662. The van der Waals surface area contributed by atoms with Gasteiger partial charge in [-0.3, -0.25) is 9.59 Å². The van der Waals surface area contributed by atoms with E-state index < -0.39 is 0 Å². The molecule has 0 spiro atoms. The molecule has 27 heavy (non-hydrogen) atoms. The Labute approximate surface area is 159 Å². The predicted molar refractivity (Wildman–Crippen MR) is 104 cm³/mol. The van der Waals surface area contributed by atoms with E-state index in [1.165, 1.54) is 11.3 Å². The standard InChI is InChI=1S/C21H24N4O2/c1-16(26)23-11-13-24(14-12-23)21(27)18-8-9-22-20(15-18)25-10-4-6-17-5-2-3-7-19(17)25/h2-3,5,7-9,15H,4,6,10-14H2,1H3. The van der Waals surface area contributed by atoms with Gasteiger partial charge in [-0.05, 0) is 36.6 Å². The van der Waals surface area contributed by atoms with Crippen LogP contribution in [0.4, 0.5) is 11.5 Å². The van der Waals surface area contributed by atoms with E-state index in [-0.39, 0.29) is 11.8 Å². The maximum atomic E-state index is 12.9. The molecular formula is C21H24N4O2. The Balaban J connectivity index is 1.54. The summed E-state index contributed by atoms with van der Waals surface area (Å²) in [6.45, 7) is 4.81. The van der Waals surface area contributed by atoms with Crippen LogP contribution < -0.4 is 4.90 Å². The van der Waals surface area contributed by atoms with E-state index in [2.05, 4.69) is 28.1 Å². The number of carbonyl (C=O) groups excluding carboxylic acids is 2. The van der Waals surface area contributed by atoms with E-state index >= 15 is 0 Å². The van der Waals surface area contributed by atoms with Crippen LogP contribution in [-0.2, 0) is 11.2 Å². The highest BCUT2D eigenvalue weighted by Crippen LogP contribution is 2.32. The van der Waals surface area contributed by atoms with Crippen LogP contribution >= 0.6 is 0 Å². The van der Waals surface area contributed by atoms with Gasteiger partial charge >= 0.3 is 0 Å². The normalized spacial score (nSPS) is 16.9. The molecule has 3 heterocycles. The van der Waals surface area contributed by atoms with E-state index in [1.807, 2.05) is 17.0 Å². The molecule has 140 valence electrons. The first-order valence-electron chi connectivity index (χ1n) is 9.50. The van der Waals surface area contributed by atoms with E-state index in [9.17, 15) is 9.59 Å². The summed E-state index contributed by atoms with van der Waals surface area (Å²) in [6.07, 6.45) is 3.86. The minimum absolute atomic E-state index is 0.00662. The number of para-hydroxylation sites is 1. The Morgan fingerprint density at radius 1 is 0.963 bits per heavy atom. The molecule has 2 amide bonds. The number of aromatic nitrogens is 1. The molecule has 6 nitrogen and oxygen atoms in total. The number of benzene rings is 1. The van der Waals surface area contributed by atoms with Crippen LogP contribution in [0.3, 0.4) is 0 Å². The summed E-state index contributed by atoms with van der Waals surface area (Å²) in [7, 11) is 0. The highest BCUT2D eigenvalue weighted by atomic mass is 16.2. The largest absolute Gasteiger partial charge is 0.339 e. The number of fused-ring (bicyclic) bond motifs is 1. The SMILES string of the molecule is CC(=O)N1CCN(C(=O)c2ccnc(N3CCCc4ccccc43)c2)CC1. The Bertz CT molecular complexity index is 859. The van der Waals surface area contributed by atoms with Gasteiger partial charge in [0.25, 0.3) is 5.91 Å². The van der Waals surface area contributed by atoms with Gasteiger partial charge in [-0.2, -0.15) is 0 Å². The van der Waals surface area contributed by atoms with E-state index in [1.54, 1.807) is 24.1 Å². The Morgan fingerprint density at radius 3 is 2.48 bits per heavy atom. The quantitative estimate of drug-likeness (QED) is 0.821. The molecule has 0 aliphatic carbocycles. The molecule has 1 aromatic carbocycles. The van der Waals surface area contributed by atoms with Crippen LogP contribution in [0.15, 0.2) is 42.6 Å². The van der Waals surface area contributed by atoms with Gasteiger partial charge in [0.15, 0.2) is 0 Å². The molecule has 1 fully saturated rings. The minimum Gasteiger partial charge on any atom is -0.339 e. The first-order chi connectivity index (χ1) is 13.1. The van der Waals surface area contributed by atoms with Gasteiger partial charge in [0.05, 0.1) is 0 Å². The molecule has 1 aromatic heterocycles. The molecule has 0 atom stereocenters. The van der Waals surface area contributed by atoms with Crippen molar-refractivity contribution >= 4 is 23.3 Å². The molecule has 4 rings (SSSR count). The topological polar surface area (TPSA) is 56.8 Å². The molecule has 0 bridgehead atoms. The van der Waals surface area contributed by atoms with Crippen LogP contribution in [0.2, 0.25) is 0 Å². The van der Waals surface area contributed by atoms with Crippen molar-refractivity contribution in [2.75, 3.05) is 37.6 Å². The van der Waals surface area contributed by atoms with Crippen molar-refractivity contribution < 1.29 is 9.59 Å². The first kappa shape index (κ1) is 17.5. The monoisotopic (exact) mass is 364 g/mol. The number of aryl methyl sites for hydroxylation is 1. The molecule has 0 radical (unpaired) electrons. The summed E-state index contributed by atoms with van der Waals surface area (Å²) in [5.74, 6) is 0.888. The van der Waals surface area contributed by atoms with Crippen molar-refractivity contribution in [1.29, 1.82) is 0 Å². The average molecular weight is 364 g/mol. The Kier molecular flexibility index (Phi) is 4.79. The lowest BCUT2D eigenvalue weighted by Gasteiger charge is -2.34. The van der Waals surface area contributed by atoms with Crippen molar-refractivity contribution in [3.8, 4) is 0 Å². The van der Waals surface area contributed by atoms with Gasteiger partial charge in [0, 0.05) is 57.1 Å². The lowest BCUT2D eigenvalue weighted by atomic mass is 10.0. The molecule has 1 saturated heterocycles. The fourth-order valence-corrected chi connectivity index (χ4v) is 3.88. The Hall–Kier alpha value is -2.89. The van der Waals surface area contributed by atoms with Crippen LogP contribution in [0.5, 0.6) is 0 Å². The second kappa shape index (κ2) is 7.39. The van der Waals surface area contributed by atoms with Crippen LogP contribution in [0.1, 0.15) is 29.3 Å². The van der Waals surface area contributed by atoms with Crippen molar-refractivity contribution in [2.24, 2.45) is 0 Å². The number of piperazine rings is 1. The number of carbonyl (C=O) groups is 2. The molecular weight excluding hydrogens is 340 g/mol. The summed E-state index contributed by atoms with van der Waals surface area (Å²) in [6, 6.07) is 12.1. The number of pyridine rings is 1. The molecule has 2 aromatic rings. The van der Waals surface area contributed by atoms with Gasteiger partial charge in [-0.15, -0.1) is 0 Å². The third-order valence-electron chi connectivity index (χ3n) is 5.39. The maximum absolute atomic E-state index is 12.9. The van der Waals surface area contributed by atoms with E-state index in [0.717, 1.165) is 25.2 Å². The highest BCUT2D eigenvalue weighted by molar-refractivity contribution is 5.95. The summed E-state index contributed by atoms with van der Waals surface area (Å²) in [5.41, 5.74) is 3.15. The van der Waals surface area contributed by atoms with Gasteiger partial charge in [0.1, 0.15) is 5.82 Å². The third kappa shape index (κ3) is 3.52. The van der Waals surface area contributed by atoms with Crippen molar-refractivity contribution in [1.82, 2.24) is 14.8 Å². The zero-order valence-electron chi connectivity index (χ0n) is 15.6. The molecule has 0 N–H and O–H groups in total. The van der Waals surface area contributed by atoms with Crippen molar-refractivity contribution in [3.63, 3.8) is 0 Å². The molecule has 2 aliphatic heterocycles. The van der Waals surface area contributed by atoms with E-state index in [0.29, 0.717) is 31.7 Å². The predicted octanol–water partition coefficient (Wildman–Crippen LogP) is 2.47. The molecule has 0 saturated carbocycles. The lowest BCUT2D eigenvalue weighted by Crippen LogP contribution is -2.50. The first-order valence-corrected chi connectivity index (χ1v) is 9.50. The molecule has 2 aliphatic rings. The molecule has 0 unspecified atom stereocenters. The summed E-state index contributed by atoms with van der Waals surface area (Å²) >= 11 is 0. The number of anilines is 2. The van der Waals surface area contributed by atoms with Gasteiger partial charge in [-0.25, -0.2) is 4.98 Å². The van der Waals surface area contributed by atoms with Gasteiger partial charge in [-0.1, -0.05) is 18.2 Å². The summed E-state index contributed by atoms with van der Waals surface area (Å²) < 4.78 is 0. The fraction of sp³-hybridized carbons (Fsp3) is 0.381. The van der Waals surface area contributed by atoms with Crippen LogP contribution in [-0.4, -0.2) is 59.3 Å². The lowest BCUT2D eigenvalue weighted by molar-refractivity contribution is -0.130. The second-order valence-corrected chi connectivity index (χ2v) is 7.08. The van der Waals surface area contributed by atoms with Crippen LogP contribution in [0.25, 0.3) is 0 Å². The summed E-state index contributed by atoms with van der Waals surface area (Å²) in [4.78, 5) is 34.7. The zero-order valence-corrected chi connectivity index (χ0v) is 15.6. The number of hydrogen-bond donors (Lipinski definition) is 0. The number of hydrogen-bond acceptors (Lipinski definition) is 4. The summed E-state index contributed by atoms with van der Waals surface area (Å²) in [5, 5.41) is 0. The van der Waals surface area contributed by atoms with Crippen LogP contribution in [0, 0.1) is 0 Å². The van der Waals surface area contributed by atoms with Gasteiger partial charge in [0.2, 0.25) is 5.91 Å². The Morgan fingerprint density at radius 2 is 1.70 bits per heavy atom. The van der Waals surface area contributed by atoms with E-state index in [4.69, 9.17) is 0 Å². The van der Waals surface area contributed by atoms with Gasteiger partial charge < -0.3 is 14.7 Å². The fourth-order valence-electron chi connectivity index (χ4n) is 3.88. The number of rotatable bonds is 2.